The molecule has 4 nitrogen and oxygen atoms in total. The predicted octanol–water partition coefficient (Wildman–Crippen LogP) is 2.46. The zero-order valence-electron chi connectivity index (χ0n) is 11.2. The number of cyclic esters (lactones) is 1. The van der Waals surface area contributed by atoms with E-state index in [1.54, 1.807) is 12.2 Å². The van der Waals surface area contributed by atoms with E-state index in [2.05, 4.69) is 0 Å². The number of ketones is 1. The molecule has 0 fully saturated rings. The quantitative estimate of drug-likeness (QED) is 0.443. The van der Waals surface area contributed by atoms with Gasteiger partial charge in [0.1, 0.15) is 17.4 Å². The summed E-state index contributed by atoms with van der Waals surface area (Å²) in [5, 5.41) is 0. The van der Waals surface area contributed by atoms with Crippen LogP contribution >= 0.6 is 0 Å². The summed E-state index contributed by atoms with van der Waals surface area (Å²) in [6, 6.07) is 0. The molecule has 0 spiro atoms. The van der Waals surface area contributed by atoms with Gasteiger partial charge >= 0.3 is 5.97 Å². The van der Waals surface area contributed by atoms with Crippen molar-refractivity contribution in [2.24, 2.45) is 0 Å². The molecule has 0 radical (unpaired) electrons. The molecule has 2 aliphatic rings. The fourth-order valence-electron chi connectivity index (χ4n) is 2.10. The van der Waals surface area contributed by atoms with Crippen molar-refractivity contribution < 1.29 is 19.1 Å². The first-order valence-corrected chi connectivity index (χ1v) is 6.65. The molecule has 2 heterocycles. The Hall–Kier alpha value is -1.84. The molecular weight excluding hydrogens is 244 g/mol. The second-order valence-electron chi connectivity index (χ2n) is 4.56. The Bertz CT molecular complexity index is 471. The minimum absolute atomic E-state index is 0.0961. The average Bonchev–Trinajstić information content (AvgIpc) is 2.72. The molecule has 2 atom stereocenters. The molecule has 0 saturated carbocycles. The van der Waals surface area contributed by atoms with Crippen LogP contribution in [0.5, 0.6) is 0 Å². The molecule has 2 unspecified atom stereocenters. The van der Waals surface area contributed by atoms with Crippen LogP contribution in [0.2, 0.25) is 0 Å². The van der Waals surface area contributed by atoms with E-state index in [-0.39, 0.29) is 17.5 Å². The van der Waals surface area contributed by atoms with Crippen LogP contribution in [-0.4, -0.2) is 24.0 Å². The van der Waals surface area contributed by atoms with E-state index in [0.29, 0.717) is 12.2 Å². The Morgan fingerprint density at radius 1 is 1.21 bits per heavy atom. The summed E-state index contributed by atoms with van der Waals surface area (Å²) in [7, 11) is 0. The fraction of sp³-hybridized carbons (Fsp3) is 0.467. The maximum absolute atomic E-state index is 12.0. The standard InChI is InChI=1S/C15H18O4/c1-3-5-6-7-8-11-14(16)13-12(19-11)9-10(4-2)18-15(13)17/h5-8,10-11H,3-4,9H2,1-2H3/b6-5+,8-7+. The van der Waals surface area contributed by atoms with Crippen molar-refractivity contribution in [2.45, 2.75) is 45.3 Å². The lowest BCUT2D eigenvalue weighted by molar-refractivity contribution is -0.147. The minimum Gasteiger partial charge on any atom is -0.481 e. The van der Waals surface area contributed by atoms with Gasteiger partial charge in [0.15, 0.2) is 6.10 Å². The molecule has 102 valence electrons. The number of hydrogen-bond acceptors (Lipinski definition) is 4. The highest BCUT2D eigenvalue weighted by atomic mass is 16.6. The Kier molecular flexibility index (Phi) is 4.20. The zero-order chi connectivity index (χ0) is 13.8. The van der Waals surface area contributed by atoms with Crippen molar-refractivity contribution >= 4 is 11.8 Å². The van der Waals surface area contributed by atoms with Gasteiger partial charge < -0.3 is 9.47 Å². The van der Waals surface area contributed by atoms with E-state index < -0.39 is 12.1 Å². The normalized spacial score (nSPS) is 27.1. The number of ether oxygens (including phenoxy) is 2. The van der Waals surface area contributed by atoms with Crippen molar-refractivity contribution in [2.75, 3.05) is 0 Å². The summed E-state index contributed by atoms with van der Waals surface area (Å²) >= 11 is 0. The van der Waals surface area contributed by atoms with Crippen LogP contribution in [0.15, 0.2) is 35.6 Å². The highest BCUT2D eigenvalue weighted by molar-refractivity contribution is 6.21. The maximum Gasteiger partial charge on any atom is 0.345 e. The van der Waals surface area contributed by atoms with Crippen LogP contribution < -0.4 is 0 Å². The summed E-state index contributed by atoms with van der Waals surface area (Å²) in [5.74, 6) is -0.351. The molecule has 4 heteroatoms. The molecule has 0 amide bonds. The SMILES string of the molecule is CC/C=C/C=C/C1OC2=C(C(=O)OC(CC)C2)C1=O. The van der Waals surface area contributed by atoms with Crippen LogP contribution in [0.1, 0.15) is 33.1 Å². The molecule has 2 aliphatic heterocycles. The van der Waals surface area contributed by atoms with Crippen LogP contribution in [-0.2, 0) is 19.1 Å². The fourth-order valence-corrected chi connectivity index (χ4v) is 2.10. The number of carbonyl (C=O) groups excluding carboxylic acids is 2. The first kappa shape index (κ1) is 13.6. The molecule has 0 bridgehead atoms. The first-order chi connectivity index (χ1) is 9.17. The van der Waals surface area contributed by atoms with Crippen LogP contribution in [0.25, 0.3) is 0 Å². The van der Waals surface area contributed by atoms with E-state index in [0.717, 1.165) is 12.8 Å². The monoisotopic (exact) mass is 262 g/mol. The predicted molar refractivity (Wildman–Crippen MR) is 70.3 cm³/mol. The molecule has 0 saturated heterocycles. The number of rotatable bonds is 4. The smallest absolute Gasteiger partial charge is 0.345 e. The minimum atomic E-state index is -0.685. The van der Waals surface area contributed by atoms with Crippen LogP contribution in [0.4, 0.5) is 0 Å². The molecule has 0 aromatic rings. The van der Waals surface area contributed by atoms with Crippen molar-refractivity contribution in [3.05, 3.63) is 35.6 Å². The van der Waals surface area contributed by atoms with Crippen molar-refractivity contribution in [1.82, 2.24) is 0 Å². The lowest BCUT2D eigenvalue weighted by Gasteiger charge is -2.21. The highest BCUT2D eigenvalue weighted by Gasteiger charge is 2.42. The van der Waals surface area contributed by atoms with Crippen LogP contribution in [0, 0.1) is 0 Å². The van der Waals surface area contributed by atoms with Gasteiger partial charge in [-0.2, -0.15) is 0 Å². The summed E-state index contributed by atoms with van der Waals surface area (Å²) < 4.78 is 10.7. The molecule has 0 aromatic heterocycles. The molecule has 0 N–H and O–H groups in total. The van der Waals surface area contributed by atoms with Gasteiger partial charge in [0, 0.05) is 6.42 Å². The van der Waals surface area contributed by atoms with E-state index in [4.69, 9.17) is 9.47 Å². The van der Waals surface area contributed by atoms with Gasteiger partial charge in [-0.05, 0) is 18.9 Å². The number of allylic oxidation sites excluding steroid dienone is 3. The lowest BCUT2D eigenvalue weighted by Crippen LogP contribution is -2.27. The summed E-state index contributed by atoms with van der Waals surface area (Å²) in [4.78, 5) is 23.8. The maximum atomic E-state index is 12.0. The molecular formula is C15H18O4. The molecule has 2 rings (SSSR count). The van der Waals surface area contributed by atoms with E-state index in [1.807, 2.05) is 26.0 Å². The van der Waals surface area contributed by atoms with E-state index in [9.17, 15) is 9.59 Å². The van der Waals surface area contributed by atoms with Crippen molar-refractivity contribution in [3.63, 3.8) is 0 Å². The number of Topliss-reactive ketones (excluding diaryl/α,β-unsaturated/α-hetero) is 1. The third kappa shape index (κ3) is 2.78. The van der Waals surface area contributed by atoms with Gasteiger partial charge in [0.2, 0.25) is 5.78 Å². The largest absolute Gasteiger partial charge is 0.481 e. The lowest BCUT2D eigenvalue weighted by atomic mass is 10.0. The Labute approximate surface area is 112 Å². The number of esters is 1. The zero-order valence-corrected chi connectivity index (χ0v) is 11.2. The van der Waals surface area contributed by atoms with Gasteiger partial charge in [0.25, 0.3) is 0 Å². The second-order valence-corrected chi connectivity index (χ2v) is 4.56. The van der Waals surface area contributed by atoms with Gasteiger partial charge in [-0.15, -0.1) is 0 Å². The van der Waals surface area contributed by atoms with Gasteiger partial charge in [0.05, 0.1) is 0 Å². The van der Waals surface area contributed by atoms with Gasteiger partial charge in [-0.1, -0.05) is 32.1 Å². The molecule has 0 aromatic carbocycles. The summed E-state index contributed by atoms with van der Waals surface area (Å²) in [5.41, 5.74) is 0.0961. The third-order valence-electron chi connectivity index (χ3n) is 3.17. The molecule has 19 heavy (non-hydrogen) atoms. The van der Waals surface area contributed by atoms with Gasteiger partial charge in [-0.3, -0.25) is 4.79 Å². The topological polar surface area (TPSA) is 52.6 Å². The van der Waals surface area contributed by atoms with Crippen molar-refractivity contribution in [1.29, 1.82) is 0 Å². The van der Waals surface area contributed by atoms with Gasteiger partial charge in [-0.25, -0.2) is 4.79 Å². The molecule has 0 aliphatic carbocycles. The summed E-state index contributed by atoms with van der Waals surface area (Å²) in [6.07, 6.45) is 8.57. The average molecular weight is 262 g/mol. The summed E-state index contributed by atoms with van der Waals surface area (Å²) in [6.45, 7) is 3.97. The highest BCUT2D eigenvalue weighted by Crippen LogP contribution is 2.32. The second kappa shape index (κ2) is 5.87. The Morgan fingerprint density at radius 2 is 2.00 bits per heavy atom. The van der Waals surface area contributed by atoms with Crippen LogP contribution in [0.3, 0.4) is 0 Å². The van der Waals surface area contributed by atoms with E-state index >= 15 is 0 Å². The first-order valence-electron chi connectivity index (χ1n) is 6.65. The Morgan fingerprint density at radius 3 is 2.68 bits per heavy atom. The number of hydrogen-bond donors (Lipinski definition) is 0. The third-order valence-corrected chi connectivity index (χ3v) is 3.17. The Balaban J connectivity index is 2.09. The number of carbonyl (C=O) groups is 2. The van der Waals surface area contributed by atoms with E-state index in [1.165, 1.54) is 0 Å². The van der Waals surface area contributed by atoms with Crippen molar-refractivity contribution in [3.8, 4) is 0 Å².